The van der Waals surface area contributed by atoms with Gasteiger partial charge < -0.3 is 0 Å². The highest BCUT2D eigenvalue weighted by molar-refractivity contribution is 5.96. The third kappa shape index (κ3) is 4.06. The molecule has 1 heteroatoms. The Morgan fingerprint density at radius 2 is 1.18 bits per heavy atom. The van der Waals surface area contributed by atoms with Crippen LogP contribution in [0.15, 0.2) is 96.7 Å². The smallest absolute Gasteiger partial charge is 0.140 e. The summed E-state index contributed by atoms with van der Waals surface area (Å²) in [5, 5.41) is 0. The predicted octanol–water partition coefficient (Wildman–Crippen LogP) is 6.56. The van der Waals surface area contributed by atoms with E-state index in [0.717, 1.165) is 47.1 Å². The van der Waals surface area contributed by atoms with Crippen molar-refractivity contribution in [3.8, 4) is 0 Å². The monoisotopic (exact) mass is 364 g/mol. The highest BCUT2D eigenvalue weighted by Crippen LogP contribution is 2.34. The quantitative estimate of drug-likeness (QED) is 0.479. The van der Waals surface area contributed by atoms with Gasteiger partial charge in [-0.05, 0) is 29.5 Å². The molecule has 1 aliphatic rings. The zero-order valence-electron chi connectivity index (χ0n) is 16.0. The van der Waals surface area contributed by atoms with Crippen molar-refractivity contribution in [1.82, 2.24) is 0 Å². The first kappa shape index (κ1) is 18.2. The van der Waals surface area contributed by atoms with Crippen LogP contribution >= 0.6 is 0 Å². The van der Waals surface area contributed by atoms with E-state index in [2.05, 4.69) is 42.1 Å². The van der Waals surface area contributed by atoms with Crippen LogP contribution in [-0.4, -0.2) is 5.78 Å². The minimum atomic E-state index is -0.0708. The Hall–Kier alpha value is -3.15. The number of benzene rings is 3. The lowest BCUT2D eigenvalue weighted by Crippen LogP contribution is -2.20. The average molecular weight is 364 g/mol. The van der Waals surface area contributed by atoms with Crippen LogP contribution in [0, 0.1) is 5.92 Å². The van der Waals surface area contributed by atoms with Gasteiger partial charge in [0.15, 0.2) is 0 Å². The van der Waals surface area contributed by atoms with E-state index >= 15 is 0 Å². The summed E-state index contributed by atoms with van der Waals surface area (Å²) >= 11 is 0. The Morgan fingerprint density at radius 3 is 1.68 bits per heavy atom. The van der Waals surface area contributed by atoms with Crippen LogP contribution < -0.4 is 0 Å². The largest absolute Gasteiger partial charge is 0.299 e. The van der Waals surface area contributed by atoms with Crippen LogP contribution in [0.1, 0.15) is 42.4 Å². The van der Waals surface area contributed by atoms with E-state index in [9.17, 15) is 4.79 Å². The lowest BCUT2D eigenvalue weighted by Gasteiger charge is -2.22. The number of Topliss-reactive ketones (excluding diaryl/α,β-unsaturated/α-hetero) is 1. The molecule has 28 heavy (non-hydrogen) atoms. The maximum atomic E-state index is 12.8. The number of rotatable bonds is 4. The zero-order chi connectivity index (χ0) is 19.2. The van der Waals surface area contributed by atoms with Crippen molar-refractivity contribution in [3.05, 3.63) is 113 Å². The molecule has 0 spiro atoms. The van der Waals surface area contributed by atoms with Gasteiger partial charge in [0.05, 0.1) is 5.92 Å². The van der Waals surface area contributed by atoms with Gasteiger partial charge in [0.2, 0.25) is 0 Å². The highest BCUT2D eigenvalue weighted by Gasteiger charge is 2.27. The van der Waals surface area contributed by atoms with E-state index in [1.54, 1.807) is 0 Å². The van der Waals surface area contributed by atoms with Crippen molar-refractivity contribution in [2.75, 3.05) is 0 Å². The molecule has 0 aromatic heterocycles. The van der Waals surface area contributed by atoms with E-state index in [0.29, 0.717) is 12.2 Å². The first-order chi connectivity index (χ1) is 13.8. The molecule has 0 saturated heterocycles. The third-order valence-corrected chi connectivity index (χ3v) is 5.37. The van der Waals surface area contributed by atoms with Crippen molar-refractivity contribution in [3.63, 3.8) is 0 Å². The fourth-order valence-corrected chi connectivity index (χ4v) is 3.92. The Kier molecular flexibility index (Phi) is 5.66. The van der Waals surface area contributed by atoms with Gasteiger partial charge in [-0.3, -0.25) is 4.79 Å². The summed E-state index contributed by atoms with van der Waals surface area (Å²) in [5.74, 6) is 0.275. The second kappa shape index (κ2) is 8.69. The molecule has 1 atom stereocenters. The van der Waals surface area contributed by atoms with Crippen LogP contribution in [0.3, 0.4) is 0 Å². The Morgan fingerprint density at radius 1 is 0.679 bits per heavy atom. The fraction of sp³-hybridized carbons (Fsp3) is 0.185. The van der Waals surface area contributed by atoms with Gasteiger partial charge in [-0.25, -0.2) is 0 Å². The molecule has 1 nitrogen and oxygen atoms in total. The standard InChI is InChI=1S/C27H24O/c28-27-19-11-10-18-24(27)26(23-16-8-3-9-17-23)20-25(21-12-4-1-5-13-21)22-14-6-2-7-15-22/h1-9,12-17,24H,10-11,18-19H2. The van der Waals surface area contributed by atoms with E-state index in [1.165, 1.54) is 0 Å². The summed E-state index contributed by atoms with van der Waals surface area (Å²) in [6.45, 7) is 0. The minimum Gasteiger partial charge on any atom is -0.299 e. The Bertz CT molecular complexity index is 952. The second-order valence-electron chi connectivity index (χ2n) is 7.28. The summed E-state index contributed by atoms with van der Waals surface area (Å²) in [4.78, 5) is 12.8. The van der Waals surface area contributed by atoms with Gasteiger partial charge in [-0.15, -0.1) is 5.73 Å². The van der Waals surface area contributed by atoms with Gasteiger partial charge in [-0.1, -0.05) is 97.4 Å². The summed E-state index contributed by atoms with van der Waals surface area (Å²) in [7, 11) is 0. The number of hydrogen-bond donors (Lipinski definition) is 0. The van der Waals surface area contributed by atoms with Crippen molar-refractivity contribution < 1.29 is 4.79 Å². The van der Waals surface area contributed by atoms with Crippen LogP contribution in [0.25, 0.3) is 11.1 Å². The lowest BCUT2D eigenvalue weighted by atomic mass is 9.79. The second-order valence-corrected chi connectivity index (χ2v) is 7.28. The molecule has 0 amide bonds. The van der Waals surface area contributed by atoms with Crippen molar-refractivity contribution in [2.24, 2.45) is 5.92 Å². The molecule has 138 valence electrons. The van der Waals surface area contributed by atoms with Crippen LogP contribution in [0.2, 0.25) is 0 Å². The van der Waals surface area contributed by atoms with Gasteiger partial charge in [0.1, 0.15) is 5.78 Å². The van der Waals surface area contributed by atoms with Crippen LogP contribution in [0.4, 0.5) is 0 Å². The molecule has 3 aromatic carbocycles. The Labute approximate surface area is 167 Å². The highest BCUT2D eigenvalue weighted by atomic mass is 16.1. The van der Waals surface area contributed by atoms with E-state index in [1.807, 2.05) is 54.6 Å². The van der Waals surface area contributed by atoms with E-state index in [4.69, 9.17) is 0 Å². The molecule has 1 saturated carbocycles. The molecule has 1 fully saturated rings. The number of carbonyl (C=O) groups is 1. The number of carbonyl (C=O) groups excluding carboxylic acids is 1. The van der Waals surface area contributed by atoms with Crippen molar-refractivity contribution in [2.45, 2.75) is 25.7 Å². The average Bonchev–Trinajstić information content (AvgIpc) is 2.77. The normalized spacial score (nSPS) is 16.3. The molecule has 1 aliphatic carbocycles. The van der Waals surface area contributed by atoms with Gasteiger partial charge in [-0.2, -0.15) is 0 Å². The Balaban J connectivity index is 1.99. The van der Waals surface area contributed by atoms with Crippen molar-refractivity contribution >= 4 is 16.9 Å². The first-order valence-corrected chi connectivity index (χ1v) is 10.0. The molecule has 0 N–H and O–H groups in total. The lowest BCUT2D eigenvalue weighted by molar-refractivity contribution is -0.122. The molecular weight excluding hydrogens is 340 g/mol. The van der Waals surface area contributed by atoms with E-state index < -0.39 is 0 Å². The maximum Gasteiger partial charge on any atom is 0.140 e. The predicted molar refractivity (Wildman–Crippen MR) is 116 cm³/mol. The summed E-state index contributed by atoms with van der Waals surface area (Å²) < 4.78 is 0. The SMILES string of the molecule is O=C1CCCCC1C(=C=C(c1ccccc1)c1ccccc1)c1ccccc1. The summed E-state index contributed by atoms with van der Waals surface area (Å²) in [6, 6.07) is 31.0. The van der Waals surface area contributed by atoms with Gasteiger partial charge in [0.25, 0.3) is 0 Å². The number of allylic oxidation sites excluding steroid dienone is 1. The van der Waals surface area contributed by atoms with Crippen LogP contribution in [0.5, 0.6) is 0 Å². The minimum absolute atomic E-state index is 0.0708. The van der Waals surface area contributed by atoms with Gasteiger partial charge >= 0.3 is 0 Å². The molecule has 0 heterocycles. The van der Waals surface area contributed by atoms with Gasteiger partial charge in [0, 0.05) is 17.6 Å². The third-order valence-electron chi connectivity index (χ3n) is 5.37. The zero-order valence-corrected chi connectivity index (χ0v) is 16.0. The van der Waals surface area contributed by atoms with Crippen LogP contribution in [-0.2, 0) is 4.79 Å². The number of ketones is 1. The van der Waals surface area contributed by atoms with E-state index in [-0.39, 0.29) is 5.92 Å². The summed E-state index contributed by atoms with van der Waals surface area (Å²) in [5.41, 5.74) is 9.10. The molecular formula is C27H24O. The molecule has 0 radical (unpaired) electrons. The maximum absolute atomic E-state index is 12.8. The number of hydrogen-bond acceptors (Lipinski definition) is 1. The molecule has 1 unspecified atom stereocenters. The topological polar surface area (TPSA) is 17.1 Å². The molecule has 0 aliphatic heterocycles. The molecule has 3 aromatic rings. The fourth-order valence-electron chi connectivity index (χ4n) is 3.92. The molecule has 4 rings (SSSR count). The van der Waals surface area contributed by atoms with Crippen molar-refractivity contribution in [1.29, 1.82) is 0 Å². The molecule has 0 bridgehead atoms. The summed E-state index contributed by atoms with van der Waals surface area (Å²) in [6.07, 6.45) is 3.69. The first-order valence-electron chi connectivity index (χ1n) is 10.0.